The molecule has 2 aromatic rings. The Morgan fingerprint density at radius 1 is 0.723 bits per heavy atom. The van der Waals surface area contributed by atoms with Crippen LogP contribution in [0.15, 0.2) is 48.5 Å². The van der Waals surface area contributed by atoms with E-state index in [1.807, 2.05) is 38.1 Å². The highest BCUT2D eigenvalue weighted by molar-refractivity contribution is 6.30. The Kier molecular flexibility index (Phi) is 17.3. The number of nitrogens with two attached hydrogens (primary N) is 2. The first-order chi connectivity index (χ1) is 22.4. The van der Waals surface area contributed by atoms with Gasteiger partial charge in [0, 0.05) is 35.3 Å². The summed E-state index contributed by atoms with van der Waals surface area (Å²) in [5.74, 6) is -4.03. The molecule has 0 fully saturated rings. The summed E-state index contributed by atoms with van der Waals surface area (Å²) in [6, 6.07) is 12.6. The van der Waals surface area contributed by atoms with Gasteiger partial charge in [0.2, 0.25) is 11.8 Å². The molecular formula is C36H51ClN4O6. The van der Waals surface area contributed by atoms with Gasteiger partial charge < -0.3 is 27.2 Å². The lowest BCUT2D eigenvalue weighted by molar-refractivity contribution is -0.143. The predicted octanol–water partition coefficient (Wildman–Crippen LogP) is 5.15. The van der Waals surface area contributed by atoms with Gasteiger partial charge in [-0.2, -0.15) is 0 Å². The van der Waals surface area contributed by atoms with Crippen molar-refractivity contribution in [1.29, 1.82) is 0 Å². The molecule has 11 heteroatoms. The molecule has 0 aliphatic carbocycles. The number of rotatable bonds is 22. The van der Waals surface area contributed by atoms with E-state index in [-0.39, 0.29) is 36.7 Å². The summed E-state index contributed by atoms with van der Waals surface area (Å²) in [5, 5.41) is 15.5. The van der Waals surface area contributed by atoms with Crippen molar-refractivity contribution in [1.82, 2.24) is 10.6 Å². The van der Waals surface area contributed by atoms with Crippen LogP contribution in [0.4, 0.5) is 0 Å². The second kappa shape index (κ2) is 20.6. The highest BCUT2D eigenvalue weighted by atomic mass is 35.5. The van der Waals surface area contributed by atoms with Crippen molar-refractivity contribution < 1.29 is 29.1 Å². The Labute approximate surface area is 283 Å². The van der Waals surface area contributed by atoms with Crippen molar-refractivity contribution in [2.75, 3.05) is 13.1 Å². The van der Waals surface area contributed by atoms with E-state index in [0.29, 0.717) is 62.2 Å². The molecule has 0 bridgehead atoms. The Morgan fingerprint density at radius 3 is 1.79 bits per heavy atom. The highest BCUT2D eigenvalue weighted by Crippen LogP contribution is 2.24. The van der Waals surface area contributed by atoms with Gasteiger partial charge >= 0.3 is 5.97 Å². The number of carboxylic acids is 1. The van der Waals surface area contributed by atoms with Crippen molar-refractivity contribution in [3.8, 4) is 11.1 Å². The quantitative estimate of drug-likeness (QED) is 0.0842. The molecule has 0 aromatic heterocycles. The van der Waals surface area contributed by atoms with Gasteiger partial charge in [0.05, 0.1) is 6.04 Å². The average Bonchev–Trinajstić information content (AvgIpc) is 3.03. The molecule has 0 unspecified atom stereocenters. The van der Waals surface area contributed by atoms with Gasteiger partial charge in [-0.05, 0) is 80.8 Å². The number of unbranched alkanes of at least 4 members (excludes halogenated alkanes) is 2. The molecule has 2 amide bonds. The van der Waals surface area contributed by atoms with E-state index < -0.39 is 41.7 Å². The fourth-order valence-corrected chi connectivity index (χ4v) is 5.46. The molecule has 2 rings (SSSR count). The SMILES string of the molecule is CC(C)C[C@H](NC(=O)[C@H](C)CC(=O)[C@H](CCCCN)NC(=O)[C@H](CCCCN)CC(=O)c1ccc(-c2ccc(Cl)cc2)cc1)C(=O)O. The first-order valence-electron chi connectivity index (χ1n) is 16.5. The number of nitrogens with one attached hydrogen (secondary N) is 2. The summed E-state index contributed by atoms with van der Waals surface area (Å²) in [7, 11) is 0. The Morgan fingerprint density at radius 2 is 1.26 bits per heavy atom. The van der Waals surface area contributed by atoms with Crippen LogP contribution < -0.4 is 22.1 Å². The van der Waals surface area contributed by atoms with Gasteiger partial charge in [-0.1, -0.05) is 75.2 Å². The Bertz CT molecular complexity index is 1320. The molecule has 0 spiro atoms. The molecular weight excluding hydrogens is 620 g/mol. The summed E-state index contributed by atoms with van der Waals surface area (Å²) < 4.78 is 0. The van der Waals surface area contributed by atoms with Gasteiger partial charge in [0.1, 0.15) is 6.04 Å². The summed E-state index contributed by atoms with van der Waals surface area (Å²) in [6.07, 6.45) is 3.36. The number of carbonyl (C=O) groups excluding carboxylic acids is 4. The summed E-state index contributed by atoms with van der Waals surface area (Å²) in [4.78, 5) is 64.9. The zero-order valence-electron chi connectivity index (χ0n) is 27.8. The smallest absolute Gasteiger partial charge is 0.326 e. The fraction of sp³-hybridized carbons (Fsp3) is 0.528. The third-order valence-electron chi connectivity index (χ3n) is 8.12. The van der Waals surface area contributed by atoms with Crippen LogP contribution in [0.2, 0.25) is 5.02 Å². The van der Waals surface area contributed by atoms with Crippen LogP contribution in [0.5, 0.6) is 0 Å². The van der Waals surface area contributed by atoms with E-state index >= 15 is 0 Å². The third kappa shape index (κ3) is 14.0. The van der Waals surface area contributed by atoms with Crippen molar-refractivity contribution in [3.05, 3.63) is 59.1 Å². The molecule has 4 atom stereocenters. The van der Waals surface area contributed by atoms with E-state index in [1.165, 1.54) is 0 Å². The van der Waals surface area contributed by atoms with Crippen LogP contribution in [0.3, 0.4) is 0 Å². The van der Waals surface area contributed by atoms with E-state index in [4.69, 9.17) is 23.1 Å². The van der Waals surface area contributed by atoms with Crippen molar-refractivity contribution in [2.24, 2.45) is 29.2 Å². The first-order valence-corrected chi connectivity index (χ1v) is 16.9. The third-order valence-corrected chi connectivity index (χ3v) is 8.37. The van der Waals surface area contributed by atoms with Crippen LogP contribution in [0, 0.1) is 17.8 Å². The number of carboxylic acid groups (broad SMARTS) is 1. The van der Waals surface area contributed by atoms with Gasteiger partial charge in [-0.3, -0.25) is 19.2 Å². The minimum Gasteiger partial charge on any atom is -0.480 e. The molecule has 0 aliphatic rings. The summed E-state index contributed by atoms with van der Waals surface area (Å²) in [5.41, 5.74) is 13.7. The monoisotopic (exact) mass is 670 g/mol. The van der Waals surface area contributed by atoms with E-state index in [9.17, 15) is 29.1 Å². The van der Waals surface area contributed by atoms with Crippen molar-refractivity contribution >= 4 is 41.0 Å². The number of ketones is 2. The number of carbonyl (C=O) groups is 5. The normalized spacial score (nSPS) is 13.8. The zero-order chi connectivity index (χ0) is 34.9. The number of hydrogen-bond donors (Lipinski definition) is 5. The lowest BCUT2D eigenvalue weighted by Gasteiger charge is -2.24. The molecule has 0 saturated heterocycles. The lowest BCUT2D eigenvalue weighted by atomic mass is 9.90. The maximum absolute atomic E-state index is 13.6. The summed E-state index contributed by atoms with van der Waals surface area (Å²) in [6.45, 7) is 6.16. The minimum atomic E-state index is -1.13. The molecule has 0 aliphatic heterocycles. The second-order valence-corrected chi connectivity index (χ2v) is 13.1. The molecule has 0 saturated carbocycles. The van der Waals surface area contributed by atoms with Gasteiger partial charge in [-0.15, -0.1) is 0 Å². The lowest BCUT2D eigenvalue weighted by Crippen LogP contribution is -2.47. The molecule has 0 radical (unpaired) electrons. The van der Waals surface area contributed by atoms with E-state index in [2.05, 4.69) is 10.6 Å². The van der Waals surface area contributed by atoms with Crippen LogP contribution in [-0.4, -0.2) is 59.6 Å². The predicted molar refractivity (Wildman–Crippen MR) is 185 cm³/mol. The number of amides is 2. The van der Waals surface area contributed by atoms with Gasteiger partial charge in [0.25, 0.3) is 0 Å². The van der Waals surface area contributed by atoms with Crippen LogP contribution in [0.25, 0.3) is 11.1 Å². The fourth-order valence-electron chi connectivity index (χ4n) is 5.33. The molecule has 2 aromatic carbocycles. The highest BCUT2D eigenvalue weighted by Gasteiger charge is 2.30. The zero-order valence-corrected chi connectivity index (χ0v) is 28.6. The number of hydrogen-bond acceptors (Lipinski definition) is 7. The van der Waals surface area contributed by atoms with Gasteiger partial charge in [0.15, 0.2) is 11.6 Å². The standard InChI is InChI=1S/C36H51ClN4O6/c1-23(2)20-31(36(46)47)41-34(44)24(3)21-33(43)30(9-5-7-19-39)40-35(45)28(8-4-6-18-38)22-32(42)27-12-10-25(11-13-27)26-14-16-29(37)17-15-26/h10-17,23-24,28,30-31H,4-9,18-22,38-39H2,1-3H3,(H,40,45)(H,41,44)(H,46,47)/t24-,28-,30+,31+/m1/s1. The van der Waals surface area contributed by atoms with Crippen LogP contribution in [-0.2, 0) is 19.2 Å². The van der Waals surface area contributed by atoms with Crippen LogP contribution >= 0.6 is 11.6 Å². The van der Waals surface area contributed by atoms with Gasteiger partial charge in [-0.25, -0.2) is 4.79 Å². The Hall–Kier alpha value is -3.60. The number of aliphatic carboxylic acids is 1. The summed E-state index contributed by atoms with van der Waals surface area (Å²) >= 11 is 6.00. The number of Topliss-reactive ketones (excluding diaryl/α,β-unsaturated/α-hetero) is 2. The molecule has 7 N–H and O–H groups in total. The first kappa shape index (κ1) is 39.6. The van der Waals surface area contributed by atoms with E-state index in [1.54, 1.807) is 31.2 Å². The van der Waals surface area contributed by atoms with Crippen molar-refractivity contribution in [2.45, 2.75) is 90.6 Å². The maximum Gasteiger partial charge on any atom is 0.326 e. The molecule has 258 valence electrons. The topological polar surface area (TPSA) is 182 Å². The van der Waals surface area contributed by atoms with E-state index in [0.717, 1.165) is 11.1 Å². The number of benzene rings is 2. The average molecular weight is 671 g/mol. The Balaban J connectivity index is 2.15. The molecule has 0 heterocycles. The number of halogens is 1. The molecule has 10 nitrogen and oxygen atoms in total. The minimum absolute atomic E-state index is 0.0361. The largest absolute Gasteiger partial charge is 0.480 e. The molecule has 47 heavy (non-hydrogen) atoms. The second-order valence-electron chi connectivity index (χ2n) is 12.6. The van der Waals surface area contributed by atoms with Crippen molar-refractivity contribution in [3.63, 3.8) is 0 Å². The van der Waals surface area contributed by atoms with Crippen LogP contribution in [0.1, 0.15) is 88.9 Å². The maximum atomic E-state index is 13.6.